The molecule has 0 fully saturated rings. The van der Waals surface area contributed by atoms with Crippen molar-refractivity contribution < 1.29 is 17.6 Å². The summed E-state index contributed by atoms with van der Waals surface area (Å²) in [6.45, 7) is 2.66. The summed E-state index contributed by atoms with van der Waals surface area (Å²) in [5, 5.41) is 0.231. The third kappa shape index (κ3) is 4.68. The number of benzene rings is 2. The fourth-order valence-corrected chi connectivity index (χ4v) is 5.01. The highest BCUT2D eigenvalue weighted by Gasteiger charge is 2.24. The zero-order valence-corrected chi connectivity index (χ0v) is 16.6. The molecule has 0 saturated carbocycles. The van der Waals surface area contributed by atoms with Crippen molar-refractivity contribution in [2.75, 3.05) is 11.4 Å². The fourth-order valence-electron chi connectivity index (χ4n) is 3.35. The first-order chi connectivity index (χ1) is 12.8. The van der Waals surface area contributed by atoms with E-state index in [1.165, 1.54) is 12.1 Å². The maximum absolute atomic E-state index is 13.9. The molecular formula is C20H21ClFNO3S. The Morgan fingerprint density at radius 1 is 1.11 bits per heavy atom. The number of sulfone groups is 1. The van der Waals surface area contributed by atoms with Gasteiger partial charge in [-0.3, -0.25) is 4.79 Å². The minimum Gasteiger partial charge on any atom is -0.312 e. The Hall–Kier alpha value is -1.92. The number of hydrogen-bond donors (Lipinski definition) is 0. The summed E-state index contributed by atoms with van der Waals surface area (Å²) in [5.41, 5.74) is 2.59. The van der Waals surface area contributed by atoms with Gasteiger partial charge in [-0.2, -0.15) is 0 Å². The van der Waals surface area contributed by atoms with Gasteiger partial charge in [-0.25, -0.2) is 12.8 Å². The molecule has 0 radical (unpaired) electrons. The normalized spacial score (nSPS) is 14.3. The second-order valence-electron chi connectivity index (χ2n) is 6.78. The molecule has 1 aliphatic rings. The summed E-state index contributed by atoms with van der Waals surface area (Å²) in [5.74, 6) is -1.08. The summed E-state index contributed by atoms with van der Waals surface area (Å²) >= 11 is 5.71. The third-order valence-electron chi connectivity index (χ3n) is 4.57. The lowest BCUT2D eigenvalue weighted by Gasteiger charge is -2.29. The predicted octanol–water partition coefficient (Wildman–Crippen LogP) is 4.28. The molecule has 3 rings (SSSR count). The van der Waals surface area contributed by atoms with Crippen LogP contribution in [0.3, 0.4) is 0 Å². The van der Waals surface area contributed by atoms with Crippen LogP contribution in [-0.2, 0) is 32.6 Å². The summed E-state index contributed by atoms with van der Waals surface area (Å²) in [6, 6.07) is 9.39. The summed E-state index contributed by atoms with van der Waals surface area (Å²) in [6.07, 6.45) is 1.89. The number of aryl methyl sites for hydroxylation is 1. The number of rotatable bonds is 6. The van der Waals surface area contributed by atoms with Crippen LogP contribution in [0.1, 0.15) is 36.5 Å². The molecule has 27 heavy (non-hydrogen) atoms. The van der Waals surface area contributed by atoms with Crippen molar-refractivity contribution in [3.8, 4) is 0 Å². The monoisotopic (exact) mass is 409 g/mol. The van der Waals surface area contributed by atoms with Gasteiger partial charge in [-0.05, 0) is 42.2 Å². The Labute approximate surface area is 163 Å². The largest absolute Gasteiger partial charge is 0.312 e. The fraction of sp³-hybridized carbons (Fsp3) is 0.350. The first kappa shape index (κ1) is 19.8. The standard InChI is InChI=1S/C20H21ClFNO3S/c1-2-9-23-19-7-3-14(10-15(19)5-8-20(23)24)12-27(25,26)13-16-4-6-17(21)11-18(16)22/h3-4,6-7,10-11H,2,5,8-9,12-13H2,1H3. The maximum Gasteiger partial charge on any atom is 0.227 e. The average molecular weight is 410 g/mol. The molecule has 1 amide bonds. The zero-order chi connectivity index (χ0) is 19.6. The average Bonchev–Trinajstić information content (AvgIpc) is 2.59. The molecule has 1 heterocycles. The van der Waals surface area contributed by atoms with Gasteiger partial charge in [-0.1, -0.05) is 36.7 Å². The van der Waals surface area contributed by atoms with Crippen molar-refractivity contribution in [1.29, 1.82) is 0 Å². The molecule has 0 bridgehead atoms. The molecule has 0 saturated heterocycles. The first-order valence-corrected chi connectivity index (χ1v) is 11.1. The van der Waals surface area contributed by atoms with E-state index in [1.54, 1.807) is 11.0 Å². The maximum atomic E-state index is 13.9. The molecule has 0 aliphatic carbocycles. The smallest absolute Gasteiger partial charge is 0.227 e. The molecule has 0 N–H and O–H groups in total. The molecule has 0 aromatic heterocycles. The number of nitrogens with zero attached hydrogens (tertiary/aromatic N) is 1. The van der Waals surface area contributed by atoms with E-state index >= 15 is 0 Å². The van der Waals surface area contributed by atoms with Crippen LogP contribution in [0, 0.1) is 5.82 Å². The van der Waals surface area contributed by atoms with Crippen LogP contribution in [0.15, 0.2) is 36.4 Å². The highest BCUT2D eigenvalue weighted by Crippen LogP contribution is 2.30. The van der Waals surface area contributed by atoms with Crippen molar-refractivity contribution >= 4 is 33.0 Å². The number of halogens is 2. The Kier molecular flexibility index (Phi) is 5.86. The Balaban J connectivity index is 1.80. The second-order valence-corrected chi connectivity index (χ2v) is 9.28. The number of carbonyl (C=O) groups excluding carboxylic acids is 1. The SMILES string of the molecule is CCCN1C(=O)CCc2cc(CS(=O)(=O)Cc3ccc(Cl)cc3F)ccc21. The first-order valence-electron chi connectivity index (χ1n) is 8.85. The van der Waals surface area contributed by atoms with Gasteiger partial charge in [0.2, 0.25) is 5.91 Å². The molecular weight excluding hydrogens is 389 g/mol. The van der Waals surface area contributed by atoms with Crippen LogP contribution in [-0.4, -0.2) is 20.9 Å². The van der Waals surface area contributed by atoms with Crippen molar-refractivity contribution in [2.24, 2.45) is 0 Å². The van der Waals surface area contributed by atoms with Gasteiger partial charge in [0, 0.05) is 29.2 Å². The van der Waals surface area contributed by atoms with E-state index in [2.05, 4.69) is 0 Å². The van der Waals surface area contributed by atoms with Crippen LogP contribution < -0.4 is 4.90 Å². The van der Waals surface area contributed by atoms with Gasteiger partial charge in [0.05, 0.1) is 11.5 Å². The van der Waals surface area contributed by atoms with Gasteiger partial charge in [0.1, 0.15) is 5.82 Å². The molecule has 2 aromatic rings. The van der Waals surface area contributed by atoms with Crippen molar-refractivity contribution in [3.05, 3.63) is 63.9 Å². The number of amides is 1. The van der Waals surface area contributed by atoms with Crippen LogP contribution in [0.5, 0.6) is 0 Å². The molecule has 144 valence electrons. The second kappa shape index (κ2) is 7.98. The van der Waals surface area contributed by atoms with Crippen LogP contribution in [0.4, 0.5) is 10.1 Å². The Bertz CT molecular complexity index is 975. The van der Waals surface area contributed by atoms with E-state index in [1.807, 2.05) is 19.1 Å². The van der Waals surface area contributed by atoms with Crippen molar-refractivity contribution in [3.63, 3.8) is 0 Å². The zero-order valence-electron chi connectivity index (χ0n) is 15.0. The highest BCUT2D eigenvalue weighted by molar-refractivity contribution is 7.89. The summed E-state index contributed by atoms with van der Waals surface area (Å²) in [7, 11) is -3.55. The van der Waals surface area contributed by atoms with Gasteiger partial charge >= 0.3 is 0 Å². The van der Waals surface area contributed by atoms with E-state index in [4.69, 9.17) is 11.6 Å². The number of anilines is 1. The molecule has 2 aromatic carbocycles. The summed E-state index contributed by atoms with van der Waals surface area (Å²) < 4.78 is 39.0. The van der Waals surface area contributed by atoms with E-state index in [0.29, 0.717) is 24.9 Å². The number of carbonyl (C=O) groups is 1. The molecule has 0 atom stereocenters. The van der Waals surface area contributed by atoms with E-state index < -0.39 is 15.7 Å². The molecule has 4 nitrogen and oxygen atoms in total. The van der Waals surface area contributed by atoms with Crippen LogP contribution in [0.2, 0.25) is 5.02 Å². The Morgan fingerprint density at radius 2 is 1.89 bits per heavy atom. The van der Waals surface area contributed by atoms with Crippen LogP contribution >= 0.6 is 11.6 Å². The third-order valence-corrected chi connectivity index (χ3v) is 6.33. The predicted molar refractivity (Wildman–Crippen MR) is 105 cm³/mol. The highest BCUT2D eigenvalue weighted by atomic mass is 35.5. The van der Waals surface area contributed by atoms with Gasteiger partial charge < -0.3 is 4.90 Å². The quantitative estimate of drug-likeness (QED) is 0.715. The minimum atomic E-state index is -3.55. The molecule has 1 aliphatic heterocycles. The van der Waals surface area contributed by atoms with E-state index in [-0.39, 0.29) is 28.0 Å². The van der Waals surface area contributed by atoms with Gasteiger partial charge in [0.25, 0.3) is 0 Å². The van der Waals surface area contributed by atoms with Crippen LogP contribution in [0.25, 0.3) is 0 Å². The van der Waals surface area contributed by atoms with E-state index in [0.717, 1.165) is 23.7 Å². The van der Waals surface area contributed by atoms with Gasteiger partial charge in [-0.15, -0.1) is 0 Å². The van der Waals surface area contributed by atoms with Crippen molar-refractivity contribution in [1.82, 2.24) is 0 Å². The topological polar surface area (TPSA) is 54.5 Å². The van der Waals surface area contributed by atoms with Crippen molar-refractivity contribution in [2.45, 2.75) is 37.7 Å². The molecule has 0 unspecified atom stereocenters. The van der Waals surface area contributed by atoms with Gasteiger partial charge in [0.15, 0.2) is 9.84 Å². The summed E-state index contributed by atoms with van der Waals surface area (Å²) in [4.78, 5) is 13.9. The number of hydrogen-bond acceptors (Lipinski definition) is 3. The van der Waals surface area contributed by atoms with E-state index in [9.17, 15) is 17.6 Å². The minimum absolute atomic E-state index is 0.0999. The molecule has 7 heteroatoms. The number of fused-ring (bicyclic) bond motifs is 1. The molecule has 0 spiro atoms. The Morgan fingerprint density at radius 3 is 2.59 bits per heavy atom. The lowest BCUT2D eigenvalue weighted by Crippen LogP contribution is -2.35. The lowest BCUT2D eigenvalue weighted by atomic mass is 9.99. The lowest BCUT2D eigenvalue weighted by molar-refractivity contribution is -0.118.